The lowest BCUT2D eigenvalue weighted by Crippen LogP contribution is -2.41. The van der Waals surface area contributed by atoms with Crippen LogP contribution in [0.3, 0.4) is 0 Å². The van der Waals surface area contributed by atoms with Gasteiger partial charge in [0.15, 0.2) is 5.82 Å². The number of hydrogen-bond donors (Lipinski definition) is 1. The number of rotatable bonds is 5. The van der Waals surface area contributed by atoms with Gasteiger partial charge in [-0.15, -0.1) is 5.10 Å². The Kier molecular flexibility index (Phi) is 5.19. The molecule has 0 spiro atoms. The summed E-state index contributed by atoms with van der Waals surface area (Å²) in [5.74, 6) is 0.881. The number of carbonyl (C=O) groups is 1. The minimum Gasteiger partial charge on any atom is -0.461 e. The predicted molar refractivity (Wildman–Crippen MR) is 107 cm³/mol. The van der Waals surface area contributed by atoms with Gasteiger partial charge in [-0.25, -0.2) is 9.67 Å². The first-order chi connectivity index (χ1) is 13.5. The SMILES string of the molecule is C[C@]1(O)CC(=O)OC(CSc2nc(-c3ccccc3)n(-c3ccccc3)n2)C1. The Morgan fingerprint density at radius 3 is 2.54 bits per heavy atom. The molecular formula is C21H21N3O3S. The molecule has 0 aliphatic carbocycles. The van der Waals surface area contributed by atoms with Crippen molar-refractivity contribution < 1.29 is 14.6 Å². The van der Waals surface area contributed by atoms with Crippen molar-refractivity contribution in [3.8, 4) is 17.1 Å². The van der Waals surface area contributed by atoms with Crippen LogP contribution in [0.2, 0.25) is 0 Å². The zero-order chi connectivity index (χ0) is 19.6. The van der Waals surface area contributed by atoms with Crippen molar-refractivity contribution in [1.29, 1.82) is 0 Å². The van der Waals surface area contributed by atoms with Crippen LogP contribution < -0.4 is 0 Å². The van der Waals surface area contributed by atoms with Gasteiger partial charge in [-0.1, -0.05) is 60.3 Å². The summed E-state index contributed by atoms with van der Waals surface area (Å²) in [6.07, 6.45) is 0.0919. The first kappa shape index (κ1) is 18.7. The second kappa shape index (κ2) is 7.77. The van der Waals surface area contributed by atoms with Crippen molar-refractivity contribution in [2.45, 2.75) is 36.6 Å². The number of carbonyl (C=O) groups excluding carboxylic acids is 1. The minimum atomic E-state index is -1.02. The number of ether oxygens (including phenoxy) is 1. The highest BCUT2D eigenvalue weighted by Gasteiger charge is 2.36. The Morgan fingerprint density at radius 2 is 1.86 bits per heavy atom. The molecule has 7 heteroatoms. The number of benzene rings is 2. The number of para-hydroxylation sites is 1. The molecule has 0 radical (unpaired) electrons. The van der Waals surface area contributed by atoms with Crippen molar-refractivity contribution in [3.63, 3.8) is 0 Å². The lowest BCUT2D eigenvalue weighted by molar-refractivity contribution is -0.165. The average molecular weight is 395 g/mol. The van der Waals surface area contributed by atoms with Gasteiger partial charge in [-0.2, -0.15) is 0 Å². The summed E-state index contributed by atoms with van der Waals surface area (Å²) in [4.78, 5) is 16.4. The Balaban J connectivity index is 1.58. The van der Waals surface area contributed by atoms with Crippen LogP contribution in [-0.4, -0.2) is 43.3 Å². The quantitative estimate of drug-likeness (QED) is 0.526. The maximum Gasteiger partial charge on any atom is 0.309 e. The fourth-order valence-corrected chi connectivity index (χ4v) is 4.09. The third-order valence-electron chi connectivity index (χ3n) is 4.51. The van der Waals surface area contributed by atoms with Crippen molar-refractivity contribution >= 4 is 17.7 Å². The highest BCUT2D eigenvalue weighted by atomic mass is 32.2. The maximum absolute atomic E-state index is 11.7. The van der Waals surface area contributed by atoms with E-state index in [0.29, 0.717) is 17.3 Å². The number of aliphatic hydroxyl groups is 1. The predicted octanol–water partition coefficient (Wildman–Crippen LogP) is 3.48. The highest BCUT2D eigenvalue weighted by Crippen LogP contribution is 2.30. The van der Waals surface area contributed by atoms with Gasteiger partial charge in [-0.3, -0.25) is 4.79 Å². The zero-order valence-corrected chi connectivity index (χ0v) is 16.3. The monoisotopic (exact) mass is 395 g/mol. The van der Waals surface area contributed by atoms with Crippen LogP contribution in [-0.2, 0) is 9.53 Å². The summed E-state index contributed by atoms with van der Waals surface area (Å²) < 4.78 is 7.19. The van der Waals surface area contributed by atoms with E-state index in [0.717, 1.165) is 17.1 Å². The molecule has 1 saturated heterocycles. The van der Waals surface area contributed by atoms with Crippen molar-refractivity contribution in [2.24, 2.45) is 0 Å². The van der Waals surface area contributed by atoms with E-state index < -0.39 is 5.60 Å². The molecule has 1 unspecified atom stereocenters. The first-order valence-corrected chi connectivity index (χ1v) is 10.1. The van der Waals surface area contributed by atoms with Crippen LogP contribution in [0.5, 0.6) is 0 Å². The molecule has 28 heavy (non-hydrogen) atoms. The topological polar surface area (TPSA) is 77.2 Å². The summed E-state index contributed by atoms with van der Waals surface area (Å²) in [7, 11) is 0. The Morgan fingerprint density at radius 1 is 1.18 bits per heavy atom. The van der Waals surface area contributed by atoms with E-state index in [4.69, 9.17) is 9.72 Å². The van der Waals surface area contributed by atoms with E-state index in [-0.39, 0.29) is 18.5 Å². The van der Waals surface area contributed by atoms with Crippen LogP contribution in [0.25, 0.3) is 17.1 Å². The molecule has 1 fully saturated rings. The first-order valence-electron chi connectivity index (χ1n) is 9.13. The van der Waals surface area contributed by atoms with Crippen molar-refractivity contribution in [1.82, 2.24) is 14.8 Å². The molecule has 1 aliphatic heterocycles. The third kappa shape index (κ3) is 4.26. The standard InChI is InChI=1S/C21H21N3O3S/c1-21(26)12-17(27-18(25)13-21)14-28-20-22-19(15-8-4-2-5-9-15)24(23-20)16-10-6-3-7-11-16/h2-11,17,26H,12-14H2,1H3/t17?,21-/m1/s1. The number of esters is 1. The fraction of sp³-hybridized carbons (Fsp3) is 0.286. The largest absolute Gasteiger partial charge is 0.461 e. The van der Waals surface area contributed by atoms with Gasteiger partial charge in [0.1, 0.15) is 6.10 Å². The Bertz CT molecular complexity index is 901. The molecule has 6 nitrogen and oxygen atoms in total. The number of nitrogens with zero attached hydrogens (tertiary/aromatic N) is 3. The van der Waals surface area contributed by atoms with Gasteiger partial charge >= 0.3 is 5.97 Å². The van der Waals surface area contributed by atoms with E-state index in [9.17, 15) is 9.90 Å². The molecule has 0 bridgehead atoms. The second-order valence-corrected chi connectivity index (χ2v) is 8.12. The number of cyclic esters (lactones) is 1. The molecule has 1 aliphatic rings. The average Bonchev–Trinajstić information content (AvgIpc) is 3.11. The summed E-state index contributed by atoms with van der Waals surface area (Å²) in [6.45, 7) is 1.67. The van der Waals surface area contributed by atoms with E-state index >= 15 is 0 Å². The smallest absolute Gasteiger partial charge is 0.309 e. The number of hydrogen-bond acceptors (Lipinski definition) is 6. The van der Waals surface area contributed by atoms with Gasteiger partial charge < -0.3 is 9.84 Å². The Hall–Kier alpha value is -2.64. The fourth-order valence-electron chi connectivity index (χ4n) is 3.28. The molecule has 4 rings (SSSR count). The summed E-state index contributed by atoms with van der Waals surface area (Å²) >= 11 is 1.42. The minimum absolute atomic E-state index is 0.0349. The van der Waals surface area contributed by atoms with E-state index in [1.807, 2.05) is 65.3 Å². The van der Waals surface area contributed by atoms with Crippen LogP contribution in [0, 0.1) is 0 Å². The molecule has 1 N–H and O–H groups in total. The second-order valence-electron chi connectivity index (χ2n) is 7.13. The van der Waals surface area contributed by atoms with E-state index in [1.165, 1.54) is 11.8 Å². The maximum atomic E-state index is 11.7. The van der Waals surface area contributed by atoms with Crippen molar-refractivity contribution in [3.05, 3.63) is 60.7 Å². The number of thioether (sulfide) groups is 1. The molecule has 3 aromatic rings. The van der Waals surface area contributed by atoms with Crippen LogP contribution >= 0.6 is 11.8 Å². The van der Waals surface area contributed by atoms with Gasteiger partial charge in [0.2, 0.25) is 5.16 Å². The number of aromatic nitrogens is 3. The molecule has 0 amide bonds. The molecule has 144 valence electrons. The van der Waals surface area contributed by atoms with E-state index in [2.05, 4.69) is 5.10 Å². The lowest BCUT2D eigenvalue weighted by Gasteiger charge is -2.32. The molecule has 0 saturated carbocycles. The highest BCUT2D eigenvalue weighted by molar-refractivity contribution is 7.99. The van der Waals surface area contributed by atoms with Gasteiger partial charge in [0.05, 0.1) is 17.7 Å². The molecule has 2 aromatic carbocycles. The third-order valence-corrected chi connectivity index (χ3v) is 5.48. The summed E-state index contributed by atoms with van der Waals surface area (Å²) in [5.41, 5.74) is 0.873. The summed E-state index contributed by atoms with van der Waals surface area (Å²) in [6, 6.07) is 19.7. The summed E-state index contributed by atoms with van der Waals surface area (Å²) in [5, 5.41) is 15.5. The Labute approximate surface area is 167 Å². The molecule has 2 atom stereocenters. The van der Waals surface area contributed by atoms with Crippen LogP contribution in [0.4, 0.5) is 0 Å². The normalized spacial score (nSPS) is 22.1. The van der Waals surface area contributed by atoms with E-state index in [1.54, 1.807) is 6.92 Å². The lowest BCUT2D eigenvalue weighted by atomic mass is 9.93. The zero-order valence-electron chi connectivity index (χ0n) is 15.5. The van der Waals surface area contributed by atoms with Gasteiger partial charge in [0, 0.05) is 17.7 Å². The van der Waals surface area contributed by atoms with Crippen molar-refractivity contribution in [2.75, 3.05) is 5.75 Å². The molecule has 1 aromatic heterocycles. The van der Waals surface area contributed by atoms with Gasteiger partial charge in [-0.05, 0) is 19.1 Å². The van der Waals surface area contributed by atoms with Crippen LogP contribution in [0.1, 0.15) is 19.8 Å². The van der Waals surface area contributed by atoms with Crippen LogP contribution in [0.15, 0.2) is 65.8 Å². The molecule has 2 heterocycles. The van der Waals surface area contributed by atoms with Gasteiger partial charge in [0.25, 0.3) is 0 Å². The molecular weight excluding hydrogens is 374 g/mol.